The van der Waals surface area contributed by atoms with Crippen LogP contribution in [-0.4, -0.2) is 43.7 Å². The number of carbonyl (C=O) groups is 1. The number of nitrogens with one attached hydrogen (secondary N) is 3. The van der Waals surface area contributed by atoms with E-state index in [4.69, 9.17) is 0 Å². The van der Waals surface area contributed by atoms with Crippen LogP contribution in [0.25, 0.3) is 0 Å². The molecule has 7 heteroatoms. The van der Waals surface area contributed by atoms with Crippen LogP contribution >= 0.6 is 15.9 Å². The lowest BCUT2D eigenvalue weighted by atomic mass is 10.0. The lowest BCUT2D eigenvalue weighted by Crippen LogP contribution is -2.41. The summed E-state index contributed by atoms with van der Waals surface area (Å²) in [5.74, 6) is 0.510. The summed E-state index contributed by atoms with van der Waals surface area (Å²) in [7, 11) is 1.68. The molecule has 2 aromatic rings. The molecule has 0 aliphatic rings. The van der Waals surface area contributed by atoms with Crippen LogP contribution in [-0.2, 0) is 4.79 Å². The van der Waals surface area contributed by atoms with Crippen LogP contribution in [0.15, 0.2) is 58.0 Å². The van der Waals surface area contributed by atoms with Gasteiger partial charge in [-0.25, -0.2) is 0 Å². The Balaban J connectivity index is 1.76. The first kappa shape index (κ1) is 21.9. The third kappa shape index (κ3) is 6.98. The number of aliphatic hydroxyl groups is 1. The van der Waals surface area contributed by atoms with Crippen molar-refractivity contribution in [3.63, 3.8) is 0 Å². The van der Waals surface area contributed by atoms with E-state index in [0.717, 1.165) is 21.3 Å². The second-order valence-electron chi connectivity index (χ2n) is 6.43. The molecule has 1 amide bonds. The maximum atomic E-state index is 12.2. The Bertz CT molecular complexity index is 796. The lowest BCUT2D eigenvalue weighted by Gasteiger charge is -2.18. The van der Waals surface area contributed by atoms with E-state index in [1.165, 1.54) is 0 Å². The minimum Gasteiger partial charge on any atom is -0.396 e. The minimum absolute atomic E-state index is 0.0246. The Morgan fingerprint density at radius 2 is 1.93 bits per heavy atom. The molecular weight excluding hydrogens is 420 g/mol. The first-order valence-corrected chi connectivity index (χ1v) is 9.99. The van der Waals surface area contributed by atoms with Gasteiger partial charge in [-0.15, -0.1) is 0 Å². The van der Waals surface area contributed by atoms with E-state index < -0.39 is 0 Å². The smallest absolute Gasteiger partial charge is 0.226 e. The molecule has 0 aliphatic carbocycles. The van der Waals surface area contributed by atoms with Crippen LogP contribution in [0.4, 0.5) is 5.69 Å². The first-order valence-electron chi connectivity index (χ1n) is 9.19. The van der Waals surface area contributed by atoms with E-state index in [9.17, 15) is 9.90 Å². The number of guanidine groups is 1. The molecule has 0 saturated heterocycles. The fourth-order valence-electron chi connectivity index (χ4n) is 2.73. The molecule has 6 nitrogen and oxygen atoms in total. The van der Waals surface area contributed by atoms with Crippen LogP contribution in [0, 0.1) is 6.92 Å². The highest BCUT2D eigenvalue weighted by Crippen LogP contribution is 2.20. The summed E-state index contributed by atoms with van der Waals surface area (Å²) in [4.78, 5) is 16.3. The van der Waals surface area contributed by atoms with E-state index in [1.54, 1.807) is 7.05 Å². The summed E-state index contributed by atoms with van der Waals surface area (Å²) in [6.07, 6.45) is 0.318. The zero-order valence-corrected chi connectivity index (χ0v) is 17.8. The number of aliphatic hydroxyl groups excluding tert-OH is 1. The van der Waals surface area contributed by atoms with Crippen molar-refractivity contribution in [2.75, 3.05) is 32.1 Å². The Labute approximate surface area is 174 Å². The highest BCUT2D eigenvalue weighted by atomic mass is 79.9. The van der Waals surface area contributed by atoms with Crippen molar-refractivity contribution in [2.24, 2.45) is 4.99 Å². The average molecular weight is 447 g/mol. The predicted molar refractivity (Wildman–Crippen MR) is 118 cm³/mol. The molecule has 0 aliphatic heterocycles. The number of nitrogens with zero attached hydrogens (tertiary/aromatic N) is 1. The monoisotopic (exact) mass is 446 g/mol. The maximum Gasteiger partial charge on any atom is 0.226 e. The van der Waals surface area contributed by atoms with Crippen LogP contribution in [0.3, 0.4) is 0 Å². The largest absolute Gasteiger partial charge is 0.396 e. The number of benzene rings is 2. The van der Waals surface area contributed by atoms with Crippen molar-refractivity contribution in [3.05, 3.63) is 64.1 Å². The number of carbonyl (C=O) groups excluding carboxylic acids is 1. The molecule has 1 unspecified atom stereocenters. The topological polar surface area (TPSA) is 85.8 Å². The SMILES string of the molecule is CN=C(NCCC(=O)Nc1ccc(Br)cc1C)NCC(CO)c1ccccc1. The lowest BCUT2D eigenvalue weighted by molar-refractivity contribution is -0.116. The number of amides is 1. The number of hydrogen-bond donors (Lipinski definition) is 4. The van der Waals surface area contributed by atoms with E-state index in [2.05, 4.69) is 36.9 Å². The van der Waals surface area contributed by atoms with Gasteiger partial charge in [0.05, 0.1) is 6.61 Å². The van der Waals surface area contributed by atoms with Gasteiger partial charge in [-0.1, -0.05) is 46.3 Å². The van der Waals surface area contributed by atoms with Crippen LogP contribution in [0.1, 0.15) is 23.5 Å². The van der Waals surface area contributed by atoms with Gasteiger partial charge in [0.1, 0.15) is 0 Å². The summed E-state index contributed by atoms with van der Waals surface area (Å²) >= 11 is 3.41. The average Bonchev–Trinajstić information content (AvgIpc) is 2.70. The Hall–Kier alpha value is -2.38. The van der Waals surface area contributed by atoms with E-state index in [1.807, 2.05) is 55.5 Å². The van der Waals surface area contributed by atoms with E-state index in [0.29, 0.717) is 25.5 Å². The molecule has 1 atom stereocenters. The molecule has 0 fully saturated rings. The molecule has 2 rings (SSSR count). The minimum atomic E-state index is -0.0640. The number of aliphatic imine (C=N–C) groups is 1. The molecule has 28 heavy (non-hydrogen) atoms. The maximum absolute atomic E-state index is 12.2. The molecule has 4 N–H and O–H groups in total. The molecule has 2 aromatic carbocycles. The molecule has 0 radical (unpaired) electrons. The van der Waals surface area contributed by atoms with Crippen molar-refractivity contribution in [1.29, 1.82) is 0 Å². The van der Waals surface area contributed by atoms with Gasteiger partial charge in [0.15, 0.2) is 5.96 Å². The Kier molecular flexibility index (Phi) is 8.97. The summed E-state index contributed by atoms with van der Waals surface area (Å²) in [5, 5.41) is 18.9. The van der Waals surface area contributed by atoms with Crippen LogP contribution in [0.5, 0.6) is 0 Å². The molecule has 150 valence electrons. The van der Waals surface area contributed by atoms with Gasteiger partial charge in [0, 0.05) is 42.6 Å². The first-order chi connectivity index (χ1) is 13.5. The molecule has 0 spiro atoms. The summed E-state index contributed by atoms with van der Waals surface area (Å²) in [6.45, 7) is 3.00. The summed E-state index contributed by atoms with van der Waals surface area (Å²) in [6, 6.07) is 15.6. The number of halogens is 1. The summed E-state index contributed by atoms with van der Waals surface area (Å²) < 4.78 is 0.983. The normalized spacial score (nSPS) is 12.4. The van der Waals surface area contributed by atoms with Gasteiger partial charge in [0.2, 0.25) is 5.91 Å². The number of aryl methyl sites for hydroxylation is 1. The van der Waals surface area contributed by atoms with Crippen molar-refractivity contribution in [2.45, 2.75) is 19.3 Å². The van der Waals surface area contributed by atoms with Crippen molar-refractivity contribution in [1.82, 2.24) is 10.6 Å². The predicted octanol–water partition coefficient (Wildman–Crippen LogP) is 3.03. The Morgan fingerprint density at radius 1 is 1.18 bits per heavy atom. The third-order valence-corrected chi connectivity index (χ3v) is 4.83. The van der Waals surface area contributed by atoms with E-state index in [-0.39, 0.29) is 18.4 Å². The zero-order chi connectivity index (χ0) is 20.4. The van der Waals surface area contributed by atoms with Gasteiger partial charge < -0.3 is 21.1 Å². The third-order valence-electron chi connectivity index (χ3n) is 4.34. The fraction of sp³-hybridized carbons (Fsp3) is 0.333. The zero-order valence-electron chi connectivity index (χ0n) is 16.2. The van der Waals surface area contributed by atoms with Crippen LogP contribution < -0.4 is 16.0 Å². The van der Waals surface area contributed by atoms with Gasteiger partial charge >= 0.3 is 0 Å². The standard InChI is InChI=1S/C21H27BrN4O2/c1-15-12-18(22)8-9-19(15)26-20(28)10-11-24-21(23-2)25-13-17(14-27)16-6-4-3-5-7-16/h3-9,12,17,27H,10-11,13-14H2,1-2H3,(H,26,28)(H2,23,24,25). The van der Waals surface area contributed by atoms with E-state index >= 15 is 0 Å². The van der Waals surface area contributed by atoms with Crippen molar-refractivity contribution >= 4 is 33.5 Å². The second kappa shape index (κ2) is 11.5. The van der Waals surface area contributed by atoms with Crippen molar-refractivity contribution in [3.8, 4) is 0 Å². The van der Waals surface area contributed by atoms with Gasteiger partial charge in [-0.2, -0.15) is 0 Å². The Morgan fingerprint density at radius 3 is 2.57 bits per heavy atom. The van der Waals surface area contributed by atoms with Gasteiger partial charge in [-0.3, -0.25) is 9.79 Å². The number of hydrogen-bond acceptors (Lipinski definition) is 3. The highest BCUT2D eigenvalue weighted by Gasteiger charge is 2.11. The highest BCUT2D eigenvalue weighted by molar-refractivity contribution is 9.10. The molecule has 0 bridgehead atoms. The molecule has 0 saturated carbocycles. The summed E-state index contributed by atoms with van der Waals surface area (Å²) in [5.41, 5.74) is 2.88. The van der Waals surface area contributed by atoms with Crippen molar-refractivity contribution < 1.29 is 9.90 Å². The number of anilines is 1. The molecule has 0 heterocycles. The van der Waals surface area contributed by atoms with Gasteiger partial charge in [0.25, 0.3) is 0 Å². The fourth-order valence-corrected chi connectivity index (χ4v) is 3.20. The van der Waals surface area contributed by atoms with Gasteiger partial charge in [-0.05, 0) is 36.2 Å². The molecule has 0 aromatic heterocycles. The second-order valence-corrected chi connectivity index (χ2v) is 7.34. The van der Waals surface area contributed by atoms with Crippen LogP contribution in [0.2, 0.25) is 0 Å². The number of rotatable bonds is 8. The quantitative estimate of drug-likeness (QED) is 0.370. The molecular formula is C21H27BrN4O2.